The van der Waals surface area contributed by atoms with Crippen molar-refractivity contribution in [2.45, 2.75) is 31.8 Å². The van der Waals surface area contributed by atoms with Crippen molar-refractivity contribution in [1.82, 2.24) is 10.2 Å². The molecule has 2 unspecified atom stereocenters. The maximum absolute atomic E-state index is 13.8. The first-order chi connectivity index (χ1) is 8.63. The van der Waals surface area contributed by atoms with Crippen LogP contribution in [-0.4, -0.2) is 31.1 Å². The third-order valence-electron chi connectivity index (χ3n) is 3.77. The van der Waals surface area contributed by atoms with Crippen LogP contribution in [0.4, 0.5) is 8.78 Å². The number of likely N-dealkylation sites (N-methyl/N-ethyl adjacent to an activating group) is 1. The Morgan fingerprint density at radius 1 is 1.44 bits per heavy atom. The highest BCUT2D eigenvalue weighted by atomic mass is 19.1. The average Bonchev–Trinajstić information content (AvgIpc) is 2.80. The van der Waals surface area contributed by atoms with Gasteiger partial charge in [0.05, 0.1) is 0 Å². The van der Waals surface area contributed by atoms with Crippen LogP contribution in [-0.2, 0) is 0 Å². The van der Waals surface area contributed by atoms with Gasteiger partial charge in [0.25, 0.3) is 0 Å². The maximum atomic E-state index is 13.8. The number of likely N-dealkylation sites (tertiary alicyclic amines) is 1. The molecule has 0 aliphatic carbocycles. The van der Waals surface area contributed by atoms with Crippen LogP contribution in [0.25, 0.3) is 0 Å². The van der Waals surface area contributed by atoms with Crippen LogP contribution in [0.15, 0.2) is 18.2 Å². The van der Waals surface area contributed by atoms with Gasteiger partial charge in [-0.15, -0.1) is 0 Å². The Labute approximate surface area is 107 Å². The van der Waals surface area contributed by atoms with E-state index >= 15 is 0 Å². The minimum atomic E-state index is -0.373. The number of hydrogen-bond acceptors (Lipinski definition) is 2. The van der Waals surface area contributed by atoms with Gasteiger partial charge in [0.1, 0.15) is 11.6 Å². The van der Waals surface area contributed by atoms with E-state index in [2.05, 4.69) is 10.2 Å². The van der Waals surface area contributed by atoms with Gasteiger partial charge in [-0.2, -0.15) is 0 Å². The Morgan fingerprint density at radius 3 is 2.94 bits per heavy atom. The number of rotatable bonds is 4. The van der Waals surface area contributed by atoms with Gasteiger partial charge < -0.3 is 5.32 Å². The number of halogens is 2. The van der Waals surface area contributed by atoms with E-state index < -0.39 is 0 Å². The second kappa shape index (κ2) is 5.76. The normalized spacial score (nSPS) is 22.3. The van der Waals surface area contributed by atoms with E-state index in [0.717, 1.165) is 25.9 Å². The molecule has 0 amide bonds. The molecular weight excluding hydrogens is 234 g/mol. The summed E-state index contributed by atoms with van der Waals surface area (Å²) in [5, 5.41) is 3.16. The molecule has 2 nitrogen and oxygen atoms in total. The lowest BCUT2D eigenvalue weighted by atomic mass is 10.0. The molecule has 0 bridgehead atoms. The van der Waals surface area contributed by atoms with Gasteiger partial charge in [-0.05, 0) is 51.6 Å². The van der Waals surface area contributed by atoms with E-state index in [0.29, 0.717) is 11.6 Å². The predicted molar refractivity (Wildman–Crippen MR) is 68.4 cm³/mol. The summed E-state index contributed by atoms with van der Waals surface area (Å²) in [5.74, 6) is -0.693. The van der Waals surface area contributed by atoms with Crippen LogP contribution in [0.1, 0.15) is 31.4 Å². The van der Waals surface area contributed by atoms with Crippen molar-refractivity contribution < 1.29 is 8.78 Å². The van der Waals surface area contributed by atoms with Crippen molar-refractivity contribution in [3.05, 3.63) is 35.4 Å². The summed E-state index contributed by atoms with van der Waals surface area (Å²) in [6.45, 7) is 3.79. The highest BCUT2D eigenvalue weighted by Crippen LogP contribution is 2.30. The fourth-order valence-electron chi connectivity index (χ4n) is 2.84. The smallest absolute Gasteiger partial charge is 0.128 e. The molecule has 0 radical (unpaired) electrons. The Bertz CT molecular complexity index is 409. The molecule has 1 aromatic carbocycles. The van der Waals surface area contributed by atoms with Crippen LogP contribution < -0.4 is 5.32 Å². The molecule has 1 aliphatic heterocycles. The first-order valence-electron chi connectivity index (χ1n) is 6.48. The molecule has 1 aromatic rings. The maximum Gasteiger partial charge on any atom is 0.128 e. The lowest BCUT2D eigenvalue weighted by Gasteiger charge is -2.31. The van der Waals surface area contributed by atoms with E-state index in [9.17, 15) is 8.78 Å². The second-order valence-corrected chi connectivity index (χ2v) is 4.93. The SMILES string of the molecule is CNCC1CCCN1C(C)c1cc(F)ccc1F. The molecule has 0 spiro atoms. The van der Waals surface area contributed by atoms with E-state index in [-0.39, 0.29) is 17.7 Å². The van der Waals surface area contributed by atoms with Gasteiger partial charge in [-0.3, -0.25) is 4.90 Å². The summed E-state index contributed by atoms with van der Waals surface area (Å²) in [5.41, 5.74) is 0.456. The number of hydrogen-bond donors (Lipinski definition) is 1. The topological polar surface area (TPSA) is 15.3 Å². The fraction of sp³-hybridized carbons (Fsp3) is 0.571. The van der Waals surface area contributed by atoms with Crippen molar-refractivity contribution in [3.8, 4) is 0 Å². The van der Waals surface area contributed by atoms with Crippen molar-refractivity contribution in [1.29, 1.82) is 0 Å². The predicted octanol–water partition coefficient (Wildman–Crippen LogP) is 2.71. The van der Waals surface area contributed by atoms with Crippen molar-refractivity contribution >= 4 is 0 Å². The molecule has 1 aliphatic rings. The van der Waals surface area contributed by atoms with Gasteiger partial charge in [0.2, 0.25) is 0 Å². The molecule has 4 heteroatoms. The quantitative estimate of drug-likeness (QED) is 0.888. The van der Waals surface area contributed by atoms with E-state index in [1.807, 2.05) is 14.0 Å². The molecule has 1 N–H and O–H groups in total. The molecule has 2 atom stereocenters. The molecule has 0 aromatic heterocycles. The van der Waals surface area contributed by atoms with Gasteiger partial charge in [0, 0.05) is 24.2 Å². The standard InChI is InChI=1S/C14H20F2N2/c1-10(13-8-11(15)5-6-14(13)16)18-7-3-4-12(18)9-17-2/h5-6,8,10,12,17H,3-4,7,9H2,1-2H3. The van der Waals surface area contributed by atoms with Crippen LogP contribution in [0.5, 0.6) is 0 Å². The third kappa shape index (κ3) is 2.70. The van der Waals surface area contributed by atoms with Crippen LogP contribution in [0, 0.1) is 11.6 Å². The molecule has 18 heavy (non-hydrogen) atoms. The molecule has 100 valence electrons. The Balaban J connectivity index is 2.19. The average molecular weight is 254 g/mol. The van der Waals surface area contributed by atoms with Gasteiger partial charge >= 0.3 is 0 Å². The van der Waals surface area contributed by atoms with E-state index in [1.54, 1.807) is 0 Å². The largest absolute Gasteiger partial charge is 0.318 e. The first-order valence-corrected chi connectivity index (χ1v) is 6.48. The second-order valence-electron chi connectivity index (χ2n) is 4.93. The summed E-state index contributed by atoms with van der Waals surface area (Å²) in [6.07, 6.45) is 2.23. The zero-order valence-electron chi connectivity index (χ0n) is 10.9. The summed E-state index contributed by atoms with van der Waals surface area (Å²) >= 11 is 0. The molecule has 1 fully saturated rings. The highest BCUT2D eigenvalue weighted by molar-refractivity contribution is 5.22. The van der Waals surface area contributed by atoms with E-state index in [1.165, 1.54) is 18.2 Å². The Morgan fingerprint density at radius 2 is 2.22 bits per heavy atom. The van der Waals surface area contributed by atoms with Crippen molar-refractivity contribution in [2.75, 3.05) is 20.1 Å². The minimum Gasteiger partial charge on any atom is -0.318 e. The zero-order chi connectivity index (χ0) is 13.1. The number of benzene rings is 1. The van der Waals surface area contributed by atoms with Crippen LogP contribution in [0.3, 0.4) is 0 Å². The monoisotopic (exact) mass is 254 g/mol. The van der Waals surface area contributed by atoms with Gasteiger partial charge in [-0.25, -0.2) is 8.78 Å². The summed E-state index contributed by atoms with van der Waals surface area (Å²) < 4.78 is 27.0. The number of nitrogens with zero attached hydrogens (tertiary/aromatic N) is 1. The van der Waals surface area contributed by atoms with Crippen molar-refractivity contribution in [2.24, 2.45) is 0 Å². The first kappa shape index (κ1) is 13.4. The number of nitrogens with one attached hydrogen (secondary N) is 1. The van der Waals surface area contributed by atoms with Gasteiger partial charge in [-0.1, -0.05) is 0 Å². The lowest BCUT2D eigenvalue weighted by molar-refractivity contribution is 0.187. The Hall–Kier alpha value is -1.00. The molecule has 2 rings (SSSR count). The summed E-state index contributed by atoms with van der Waals surface area (Å²) in [6, 6.07) is 4.02. The zero-order valence-corrected chi connectivity index (χ0v) is 10.9. The summed E-state index contributed by atoms with van der Waals surface area (Å²) in [4.78, 5) is 2.26. The molecular formula is C14H20F2N2. The van der Waals surface area contributed by atoms with Crippen molar-refractivity contribution in [3.63, 3.8) is 0 Å². The molecule has 0 saturated carbocycles. The summed E-state index contributed by atoms with van der Waals surface area (Å²) in [7, 11) is 1.92. The lowest BCUT2D eigenvalue weighted by Crippen LogP contribution is -2.38. The molecule has 1 saturated heterocycles. The highest BCUT2D eigenvalue weighted by Gasteiger charge is 2.29. The van der Waals surface area contributed by atoms with Crippen LogP contribution >= 0.6 is 0 Å². The molecule has 1 heterocycles. The third-order valence-corrected chi connectivity index (χ3v) is 3.77. The van der Waals surface area contributed by atoms with Crippen LogP contribution in [0.2, 0.25) is 0 Å². The van der Waals surface area contributed by atoms with Gasteiger partial charge in [0.15, 0.2) is 0 Å². The Kier molecular flexibility index (Phi) is 4.30. The fourth-order valence-corrected chi connectivity index (χ4v) is 2.84. The van der Waals surface area contributed by atoms with E-state index in [4.69, 9.17) is 0 Å². The minimum absolute atomic E-state index is 0.0819.